The number of hydrazone groups is 1. The highest BCUT2D eigenvalue weighted by atomic mass is 32.2. The van der Waals surface area contributed by atoms with Gasteiger partial charge in [0.05, 0.1) is 17.5 Å². The van der Waals surface area contributed by atoms with Crippen LogP contribution < -0.4 is 27.5 Å². The van der Waals surface area contributed by atoms with Crippen molar-refractivity contribution < 1.29 is 39.0 Å². The van der Waals surface area contributed by atoms with Crippen LogP contribution in [0.1, 0.15) is 19.3 Å². The van der Waals surface area contributed by atoms with Crippen LogP contribution in [0.4, 0.5) is 4.79 Å². The maximum absolute atomic E-state index is 12.2. The number of carboxylic acids is 2. The van der Waals surface area contributed by atoms with Crippen molar-refractivity contribution in [3.8, 4) is 6.07 Å². The predicted molar refractivity (Wildman–Crippen MR) is 110 cm³/mol. The van der Waals surface area contributed by atoms with E-state index in [1.54, 1.807) is 0 Å². The van der Waals surface area contributed by atoms with Gasteiger partial charge in [0.15, 0.2) is 5.78 Å². The lowest BCUT2D eigenvalue weighted by atomic mass is 10.1. The highest BCUT2D eigenvalue weighted by Gasteiger charge is 2.24. The van der Waals surface area contributed by atoms with Gasteiger partial charge in [0.2, 0.25) is 11.8 Å². The van der Waals surface area contributed by atoms with E-state index < -0.39 is 59.4 Å². The molecule has 0 aromatic rings. The molecule has 0 heterocycles. The summed E-state index contributed by atoms with van der Waals surface area (Å²) in [6.45, 7) is -0.719. The molecule has 4 amide bonds. The van der Waals surface area contributed by atoms with Crippen molar-refractivity contribution in [2.24, 2.45) is 16.6 Å². The third-order valence-corrected chi connectivity index (χ3v) is 4.64. The number of nitrogens with zero attached hydrogens (tertiary/aromatic N) is 2. The largest absolute Gasteiger partial charge is 0.480 e. The first-order chi connectivity index (χ1) is 15.0. The lowest BCUT2D eigenvalue weighted by Gasteiger charge is -2.19. The smallest absolute Gasteiger partial charge is 0.332 e. The van der Waals surface area contributed by atoms with E-state index >= 15 is 0 Å². The minimum atomic E-state index is -1.33. The first-order valence-electron chi connectivity index (χ1n) is 8.86. The number of hydrogen-bond acceptors (Lipinski definition) is 10. The molecule has 0 spiro atoms. The van der Waals surface area contributed by atoms with Crippen molar-refractivity contribution in [2.75, 3.05) is 12.3 Å². The number of urea groups is 1. The summed E-state index contributed by atoms with van der Waals surface area (Å²) in [6.07, 6.45) is -0.105. The van der Waals surface area contributed by atoms with Crippen molar-refractivity contribution in [3.05, 3.63) is 0 Å². The van der Waals surface area contributed by atoms with Crippen LogP contribution in [0.2, 0.25) is 0 Å². The number of amides is 4. The summed E-state index contributed by atoms with van der Waals surface area (Å²) in [5, 5.41) is 33.3. The number of carboxylic acid groups (broad SMARTS) is 2. The summed E-state index contributed by atoms with van der Waals surface area (Å²) in [7, 11) is 0. The molecule has 9 N–H and O–H groups in total. The van der Waals surface area contributed by atoms with Gasteiger partial charge < -0.3 is 32.3 Å². The van der Waals surface area contributed by atoms with E-state index in [0.29, 0.717) is 0 Å². The van der Waals surface area contributed by atoms with Gasteiger partial charge in [-0.1, -0.05) is 0 Å². The SMILES string of the molecule is N#CC(CC(=O)/C=N/NC(N)=O)SC[C@H](NC(=O)CC[C@H](N)C(=O)O)C(=O)NCC(=O)O. The van der Waals surface area contributed by atoms with Crippen molar-refractivity contribution >= 4 is 53.5 Å². The van der Waals surface area contributed by atoms with Gasteiger partial charge in [-0.2, -0.15) is 10.4 Å². The Hall–Kier alpha value is -3.71. The third-order valence-electron chi connectivity index (χ3n) is 3.44. The summed E-state index contributed by atoms with van der Waals surface area (Å²) < 4.78 is 0. The average Bonchev–Trinajstić information content (AvgIpc) is 2.71. The van der Waals surface area contributed by atoms with Crippen LogP contribution in [0.3, 0.4) is 0 Å². The number of carbonyl (C=O) groups is 6. The monoisotopic (exact) mass is 473 g/mol. The maximum Gasteiger partial charge on any atom is 0.332 e. The van der Waals surface area contributed by atoms with Gasteiger partial charge in [-0.15, -0.1) is 11.8 Å². The molecule has 0 rings (SSSR count). The third kappa shape index (κ3) is 13.5. The molecule has 0 bridgehead atoms. The molecular weight excluding hydrogens is 450 g/mol. The zero-order valence-electron chi connectivity index (χ0n) is 16.6. The van der Waals surface area contributed by atoms with Crippen LogP contribution in [0.15, 0.2) is 5.10 Å². The number of nitrogens with one attached hydrogen (secondary N) is 3. The Labute approximate surface area is 185 Å². The molecule has 0 aliphatic rings. The molecule has 0 radical (unpaired) electrons. The van der Waals surface area contributed by atoms with E-state index in [2.05, 4.69) is 15.7 Å². The molecule has 32 heavy (non-hydrogen) atoms. The van der Waals surface area contributed by atoms with E-state index in [-0.39, 0.29) is 25.0 Å². The lowest BCUT2D eigenvalue weighted by molar-refractivity contribution is -0.139. The molecule has 0 aliphatic heterocycles. The quantitative estimate of drug-likeness (QED) is 0.0936. The Morgan fingerprint density at radius 3 is 2.38 bits per heavy atom. The van der Waals surface area contributed by atoms with E-state index in [1.165, 1.54) is 0 Å². The second kappa shape index (κ2) is 15.1. The number of aliphatic carboxylic acids is 2. The van der Waals surface area contributed by atoms with Gasteiger partial charge in [-0.05, 0) is 6.42 Å². The second-order valence-electron chi connectivity index (χ2n) is 6.07. The van der Waals surface area contributed by atoms with Gasteiger partial charge >= 0.3 is 18.0 Å². The lowest BCUT2D eigenvalue weighted by Crippen LogP contribution is -2.49. The van der Waals surface area contributed by atoms with Gasteiger partial charge in [0, 0.05) is 18.6 Å². The molecule has 1 unspecified atom stereocenters. The molecule has 0 saturated carbocycles. The standard InChI is InChI=1S/C16H23N7O8S/c17-4-9(3-8(24)5-21-23-16(19)31)32-7-11(14(28)20-6-13(26)27)22-12(25)2-1-10(18)15(29)30/h5,9-11H,1-3,6-7,18H2,(H,20,28)(H,22,25)(H,26,27)(H,29,30)(H3,19,23,31)/b21-5+/t9?,10-,11-/m0/s1. The summed E-state index contributed by atoms with van der Waals surface area (Å²) in [4.78, 5) is 67.9. The number of nitrogens with two attached hydrogens (primary N) is 2. The molecule has 176 valence electrons. The number of thioether (sulfide) groups is 1. The summed E-state index contributed by atoms with van der Waals surface area (Å²) in [6, 6.07) is -1.72. The van der Waals surface area contributed by atoms with Gasteiger partial charge in [-0.3, -0.25) is 24.0 Å². The number of ketones is 1. The van der Waals surface area contributed by atoms with Crippen LogP contribution in [0.25, 0.3) is 0 Å². The number of carbonyl (C=O) groups excluding carboxylic acids is 4. The molecular formula is C16H23N7O8S. The van der Waals surface area contributed by atoms with Crippen molar-refractivity contribution in [3.63, 3.8) is 0 Å². The molecule has 0 aromatic heterocycles. The van der Waals surface area contributed by atoms with Gasteiger partial charge in [-0.25, -0.2) is 10.2 Å². The molecule has 16 heteroatoms. The Kier molecular flexibility index (Phi) is 13.4. The number of Topliss-reactive ketones (excluding diaryl/α,β-unsaturated/α-hetero) is 1. The van der Waals surface area contributed by atoms with Crippen molar-refractivity contribution in [1.29, 1.82) is 5.26 Å². The first-order valence-corrected chi connectivity index (χ1v) is 9.90. The van der Waals surface area contributed by atoms with Gasteiger partial charge in [0.25, 0.3) is 0 Å². The fraction of sp³-hybridized carbons (Fsp3) is 0.500. The summed E-state index contributed by atoms with van der Waals surface area (Å²) in [5.41, 5.74) is 11.9. The topological polar surface area (TPSA) is 267 Å². The van der Waals surface area contributed by atoms with Crippen LogP contribution in [-0.4, -0.2) is 81.6 Å². The van der Waals surface area contributed by atoms with Crippen molar-refractivity contribution in [1.82, 2.24) is 16.1 Å². The van der Waals surface area contributed by atoms with E-state index in [1.807, 2.05) is 11.5 Å². The Balaban J connectivity index is 4.98. The number of rotatable bonds is 15. The van der Waals surface area contributed by atoms with Crippen LogP contribution in [0, 0.1) is 11.3 Å². The number of primary amides is 1. The highest BCUT2D eigenvalue weighted by Crippen LogP contribution is 2.16. The first kappa shape index (κ1) is 28.3. The predicted octanol–water partition coefficient (Wildman–Crippen LogP) is -2.90. The molecule has 3 atom stereocenters. The van der Waals surface area contributed by atoms with Gasteiger partial charge in [0.1, 0.15) is 18.6 Å². The van der Waals surface area contributed by atoms with E-state index in [0.717, 1.165) is 18.0 Å². The van der Waals surface area contributed by atoms with Crippen molar-refractivity contribution in [2.45, 2.75) is 36.6 Å². The van der Waals surface area contributed by atoms with Crippen LogP contribution >= 0.6 is 11.8 Å². The molecule has 15 nitrogen and oxygen atoms in total. The van der Waals surface area contributed by atoms with E-state index in [9.17, 15) is 34.0 Å². The van der Waals surface area contributed by atoms with Crippen LogP contribution in [0.5, 0.6) is 0 Å². The molecule has 0 fully saturated rings. The Morgan fingerprint density at radius 1 is 1.19 bits per heavy atom. The Morgan fingerprint density at radius 2 is 1.84 bits per heavy atom. The minimum absolute atomic E-state index is 0.203. The van der Waals surface area contributed by atoms with E-state index in [4.69, 9.17) is 21.7 Å². The fourth-order valence-corrected chi connectivity index (χ4v) is 2.92. The minimum Gasteiger partial charge on any atom is -0.480 e. The number of nitriles is 1. The molecule has 0 saturated heterocycles. The fourth-order valence-electron chi connectivity index (χ4n) is 1.90. The normalized spacial score (nSPS) is 13.2. The second-order valence-corrected chi connectivity index (χ2v) is 7.31. The number of hydrogen-bond donors (Lipinski definition) is 7. The highest BCUT2D eigenvalue weighted by molar-refractivity contribution is 8.00. The maximum atomic E-state index is 12.2. The molecule has 0 aromatic carbocycles. The Bertz CT molecular complexity index is 798. The summed E-state index contributed by atoms with van der Waals surface area (Å²) >= 11 is 0.834. The summed E-state index contributed by atoms with van der Waals surface area (Å²) in [5.74, 6) is -5.04. The zero-order chi connectivity index (χ0) is 24.7. The molecule has 0 aliphatic carbocycles. The zero-order valence-corrected chi connectivity index (χ0v) is 17.5. The van der Waals surface area contributed by atoms with Crippen LogP contribution in [-0.2, 0) is 24.0 Å². The average molecular weight is 473 g/mol.